The summed E-state index contributed by atoms with van der Waals surface area (Å²) in [7, 11) is -3.93. The SMILES string of the molecule is CCN(c1ccccc1)S(=O)(=O)c1ccc(Cl)c(C(=O)Nc2nc(C)c(C(C)=O)s2)c1. The molecule has 0 aliphatic carbocycles. The number of anilines is 2. The van der Waals surface area contributed by atoms with Crippen LogP contribution in [0.5, 0.6) is 0 Å². The molecular formula is C21H20ClN3O4S2. The summed E-state index contributed by atoms with van der Waals surface area (Å²) in [5.41, 5.74) is 1.02. The molecule has 0 bridgehead atoms. The molecule has 0 aliphatic rings. The van der Waals surface area contributed by atoms with Crippen molar-refractivity contribution in [2.75, 3.05) is 16.2 Å². The van der Waals surface area contributed by atoms with Gasteiger partial charge in [-0.05, 0) is 44.2 Å². The first kappa shape index (κ1) is 22.9. The van der Waals surface area contributed by atoms with Crippen molar-refractivity contribution in [3.8, 4) is 0 Å². The second-order valence-corrected chi connectivity index (χ2v) is 9.86. The van der Waals surface area contributed by atoms with Gasteiger partial charge >= 0.3 is 0 Å². The fourth-order valence-corrected chi connectivity index (χ4v) is 5.55. The first-order valence-corrected chi connectivity index (χ1v) is 12.0. The molecule has 0 saturated heterocycles. The van der Waals surface area contributed by atoms with E-state index in [-0.39, 0.29) is 32.9 Å². The number of carbonyl (C=O) groups is 2. The Morgan fingerprint density at radius 2 is 1.84 bits per heavy atom. The van der Waals surface area contributed by atoms with Crippen molar-refractivity contribution in [1.29, 1.82) is 0 Å². The number of carbonyl (C=O) groups excluding carboxylic acids is 2. The zero-order chi connectivity index (χ0) is 22.8. The maximum Gasteiger partial charge on any atom is 0.264 e. The highest BCUT2D eigenvalue weighted by atomic mass is 35.5. The van der Waals surface area contributed by atoms with Crippen molar-refractivity contribution in [2.24, 2.45) is 0 Å². The number of nitrogens with one attached hydrogen (secondary N) is 1. The van der Waals surface area contributed by atoms with E-state index >= 15 is 0 Å². The number of sulfonamides is 1. The normalized spacial score (nSPS) is 11.2. The lowest BCUT2D eigenvalue weighted by Gasteiger charge is -2.23. The van der Waals surface area contributed by atoms with Gasteiger partial charge in [0, 0.05) is 13.5 Å². The molecule has 1 amide bonds. The minimum atomic E-state index is -3.93. The van der Waals surface area contributed by atoms with Crippen molar-refractivity contribution in [3.05, 3.63) is 69.7 Å². The van der Waals surface area contributed by atoms with E-state index in [0.29, 0.717) is 16.3 Å². The van der Waals surface area contributed by atoms with E-state index in [9.17, 15) is 18.0 Å². The molecule has 0 atom stereocenters. The van der Waals surface area contributed by atoms with Gasteiger partial charge in [-0.3, -0.25) is 19.2 Å². The molecule has 0 spiro atoms. The maximum atomic E-state index is 13.2. The topological polar surface area (TPSA) is 96.4 Å². The van der Waals surface area contributed by atoms with E-state index in [4.69, 9.17) is 11.6 Å². The zero-order valence-electron chi connectivity index (χ0n) is 17.0. The van der Waals surface area contributed by atoms with Gasteiger partial charge in [-0.1, -0.05) is 41.1 Å². The average Bonchev–Trinajstić information content (AvgIpc) is 3.09. The largest absolute Gasteiger partial charge is 0.298 e. The van der Waals surface area contributed by atoms with E-state index in [1.807, 2.05) is 0 Å². The predicted octanol–water partition coefficient (Wildman–Crippen LogP) is 4.78. The minimum absolute atomic E-state index is 0.0101. The summed E-state index contributed by atoms with van der Waals surface area (Å²) < 4.78 is 27.7. The molecule has 2 aromatic carbocycles. The van der Waals surface area contributed by atoms with Gasteiger partial charge in [0.2, 0.25) is 0 Å². The van der Waals surface area contributed by atoms with Gasteiger partial charge in [-0.25, -0.2) is 13.4 Å². The summed E-state index contributed by atoms with van der Waals surface area (Å²) in [5.74, 6) is -0.768. The highest BCUT2D eigenvalue weighted by molar-refractivity contribution is 7.92. The van der Waals surface area contributed by atoms with E-state index in [1.54, 1.807) is 44.2 Å². The van der Waals surface area contributed by atoms with Crippen LogP contribution in [0.1, 0.15) is 39.6 Å². The van der Waals surface area contributed by atoms with Gasteiger partial charge in [0.1, 0.15) is 0 Å². The highest BCUT2D eigenvalue weighted by Crippen LogP contribution is 2.28. The van der Waals surface area contributed by atoms with Crippen LogP contribution < -0.4 is 9.62 Å². The molecule has 0 fully saturated rings. The fourth-order valence-electron chi connectivity index (χ4n) is 2.99. The summed E-state index contributed by atoms with van der Waals surface area (Å²) in [4.78, 5) is 29.0. The number of para-hydroxylation sites is 1. The van der Waals surface area contributed by atoms with Crippen molar-refractivity contribution in [3.63, 3.8) is 0 Å². The summed E-state index contributed by atoms with van der Waals surface area (Å²) in [5, 5.41) is 2.92. The van der Waals surface area contributed by atoms with Crippen LogP contribution in [0.15, 0.2) is 53.4 Å². The van der Waals surface area contributed by atoms with Gasteiger partial charge in [-0.2, -0.15) is 0 Å². The third-order valence-electron chi connectivity index (χ3n) is 4.44. The number of aryl methyl sites for hydroxylation is 1. The Labute approximate surface area is 189 Å². The number of rotatable bonds is 7. The number of nitrogens with zero attached hydrogens (tertiary/aromatic N) is 2. The molecule has 0 aliphatic heterocycles. The molecule has 31 heavy (non-hydrogen) atoms. The molecule has 0 saturated carbocycles. The van der Waals surface area contributed by atoms with Crippen LogP contribution in [-0.4, -0.2) is 31.6 Å². The van der Waals surface area contributed by atoms with Crippen LogP contribution >= 0.6 is 22.9 Å². The fraction of sp³-hybridized carbons (Fsp3) is 0.190. The number of Topliss-reactive ketones (excluding diaryl/α,β-unsaturated/α-hetero) is 1. The number of amides is 1. The van der Waals surface area contributed by atoms with Crippen LogP contribution in [0.3, 0.4) is 0 Å². The number of aromatic nitrogens is 1. The second kappa shape index (κ2) is 9.17. The number of ketones is 1. The quantitative estimate of drug-likeness (QED) is 0.494. The molecule has 10 heteroatoms. The van der Waals surface area contributed by atoms with Gasteiger partial charge < -0.3 is 0 Å². The van der Waals surface area contributed by atoms with E-state index in [1.165, 1.54) is 29.4 Å². The minimum Gasteiger partial charge on any atom is -0.298 e. The number of hydrogen-bond acceptors (Lipinski definition) is 6. The first-order valence-electron chi connectivity index (χ1n) is 9.32. The number of halogens is 1. The van der Waals surface area contributed by atoms with Crippen molar-refractivity contribution >= 4 is 55.5 Å². The Bertz CT molecular complexity index is 1240. The van der Waals surface area contributed by atoms with Crippen LogP contribution in [0.25, 0.3) is 0 Å². The van der Waals surface area contributed by atoms with Gasteiger partial charge in [0.15, 0.2) is 10.9 Å². The molecule has 1 heterocycles. The number of benzene rings is 2. The monoisotopic (exact) mass is 477 g/mol. The molecule has 3 rings (SSSR count). The van der Waals surface area contributed by atoms with E-state index in [0.717, 1.165) is 11.3 Å². The van der Waals surface area contributed by atoms with Crippen molar-refractivity contribution < 1.29 is 18.0 Å². The lowest BCUT2D eigenvalue weighted by atomic mass is 10.2. The second-order valence-electron chi connectivity index (χ2n) is 6.59. The number of hydrogen-bond donors (Lipinski definition) is 1. The standard InChI is InChI=1S/C21H20ClN3O4S2/c1-4-25(15-8-6-5-7-9-15)31(28,29)16-10-11-18(22)17(12-16)20(27)24-21-23-13(2)19(30-21)14(3)26/h5-12H,4H2,1-3H3,(H,23,24,27). The third-order valence-corrected chi connectivity index (χ3v) is 7.84. The Morgan fingerprint density at radius 3 is 2.42 bits per heavy atom. The molecule has 1 aromatic heterocycles. The summed E-state index contributed by atoms with van der Waals surface area (Å²) in [6.45, 7) is 5.03. The predicted molar refractivity (Wildman–Crippen MR) is 123 cm³/mol. The van der Waals surface area contributed by atoms with Gasteiger partial charge in [0.05, 0.1) is 31.7 Å². The average molecular weight is 478 g/mol. The Hall–Kier alpha value is -2.75. The van der Waals surface area contributed by atoms with Crippen LogP contribution in [0, 0.1) is 6.92 Å². The molecule has 1 N–H and O–H groups in total. The third kappa shape index (κ3) is 4.79. The lowest BCUT2D eigenvalue weighted by molar-refractivity contribution is 0.101. The van der Waals surface area contributed by atoms with E-state index in [2.05, 4.69) is 10.3 Å². The molecule has 7 nitrogen and oxygen atoms in total. The summed E-state index contributed by atoms with van der Waals surface area (Å²) in [6, 6.07) is 12.7. The lowest BCUT2D eigenvalue weighted by Crippen LogP contribution is -2.31. The molecule has 0 radical (unpaired) electrons. The van der Waals surface area contributed by atoms with Crippen LogP contribution in [0.2, 0.25) is 5.02 Å². The van der Waals surface area contributed by atoms with Crippen molar-refractivity contribution in [2.45, 2.75) is 25.7 Å². The van der Waals surface area contributed by atoms with Crippen LogP contribution in [-0.2, 0) is 10.0 Å². The molecule has 0 unspecified atom stereocenters. The van der Waals surface area contributed by atoms with Gasteiger partial charge in [0.25, 0.3) is 15.9 Å². The summed E-state index contributed by atoms with van der Waals surface area (Å²) >= 11 is 7.23. The Kier molecular flexibility index (Phi) is 6.78. The molecule has 3 aromatic rings. The van der Waals surface area contributed by atoms with E-state index < -0.39 is 15.9 Å². The van der Waals surface area contributed by atoms with Gasteiger partial charge in [-0.15, -0.1) is 0 Å². The maximum absolute atomic E-state index is 13.2. The smallest absolute Gasteiger partial charge is 0.264 e. The molecule has 162 valence electrons. The Balaban J connectivity index is 1.95. The summed E-state index contributed by atoms with van der Waals surface area (Å²) in [6.07, 6.45) is 0. The zero-order valence-corrected chi connectivity index (χ0v) is 19.4. The highest BCUT2D eigenvalue weighted by Gasteiger charge is 2.26. The van der Waals surface area contributed by atoms with Crippen LogP contribution in [0.4, 0.5) is 10.8 Å². The Morgan fingerprint density at radius 1 is 1.16 bits per heavy atom. The molecular weight excluding hydrogens is 458 g/mol. The van der Waals surface area contributed by atoms with Crippen molar-refractivity contribution in [1.82, 2.24) is 4.98 Å². The first-order chi connectivity index (χ1) is 14.6. The number of thiazole rings is 1.